The van der Waals surface area contributed by atoms with Crippen LogP contribution in [0.2, 0.25) is 0 Å². The molecule has 1 amide bonds. The zero-order valence-electron chi connectivity index (χ0n) is 15.6. The quantitative estimate of drug-likeness (QED) is 0.785. The Hall–Kier alpha value is -1.93. The molecule has 0 aliphatic carbocycles. The summed E-state index contributed by atoms with van der Waals surface area (Å²) in [6.45, 7) is 6.15. The second kappa shape index (κ2) is 7.75. The first kappa shape index (κ1) is 20.4. The monoisotopic (exact) mass is 382 g/mol. The highest BCUT2D eigenvalue weighted by molar-refractivity contribution is 7.88. The topological polar surface area (TPSA) is 92.8 Å². The lowest BCUT2D eigenvalue weighted by atomic mass is 9.87. The van der Waals surface area contributed by atoms with E-state index < -0.39 is 34.5 Å². The summed E-state index contributed by atoms with van der Waals surface area (Å²) in [6.07, 6.45) is 2.06. The molecule has 1 aliphatic rings. The Labute approximate surface area is 154 Å². The molecule has 1 aromatic carbocycles. The van der Waals surface area contributed by atoms with Crippen LogP contribution < -0.4 is 5.32 Å². The van der Waals surface area contributed by atoms with Gasteiger partial charge in [-0.15, -0.1) is 0 Å². The van der Waals surface area contributed by atoms with Crippen molar-refractivity contribution in [1.29, 1.82) is 0 Å². The number of hydrogen-bond donors (Lipinski definition) is 1. The fourth-order valence-corrected chi connectivity index (χ4v) is 3.97. The molecule has 0 radical (unpaired) electrons. The van der Waals surface area contributed by atoms with Crippen LogP contribution in [0.15, 0.2) is 24.3 Å². The number of ether oxygens (including phenoxy) is 1. The van der Waals surface area contributed by atoms with Crippen molar-refractivity contribution in [3.63, 3.8) is 0 Å². The number of nitrogens with zero attached hydrogens (tertiary/aromatic N) is 1. The van der Waals surface area contributed by atoms with Crippen molar-refractivity contribution in [2.24, 2.45) is 0 Å². The molecule has 144 valence electrons. The number of amides is 1. The Morgan fingerprint density at radius 3 is 2.38 bits per heavy atom. The van der Waals surface area contributed by atoms with Gasteiger partial charge in [0, 0.05) is 12.2 Å². The van der Waals surface area contributed by atoms with Gasteiger partial charge in [-0.3, -0.25) is 9.59 Å². The number of hydrogen-bond acceptors (Lipinski definition) is 5. The molecule has 7 nitrogen and oxygen atoms in total. The third-order valence-corrected chi connectivity index (χ3v) is 5.57. The predicted molar refractivity (Wildman–Crippen MR) is 99.3 cm³/mol. The maximum Gasteiger partial charge on any atom is 0.324 e. The molecule has 2 rings (SSSR count). The summed E-state index contributed by atoms with van der Waals surface area (Å²) < 4.78 is 29.5. The molecule has 1 atom stereocenters. The van der Waals surface area contributed by atoms with Crippen LogP contribution in [0.1, 0.15) is 39.2 Å². The molecule has 0 aromatic heterocycles. The Morgan fingerprint density at radius 2 is 1.85 bits per heavy atom. The Bertz CT molecular complexity index is 766. The summed E-state index contributed by atoms with van der Waals surface area (Å²) in [5.74, 6) is -1.16. The van der Waals surface area contributed by atoms with Gasteiger partial charge in [0.2, 0.25) is 10.0 Å². The van der Waals surface area contributed by atoms with E-state index >= 15 is 0 Å². The zero-order chi connectivity index (χ0) is 19.5. The fraction of sp³-hybridized carbons (Fsp3) is 0.556. The van der Waals surface area contributed by atoms with Crippen LogP contribution in [0.5, 0.6) is 0 Å². The van der Waals surface area contributed by atoms with Crippen LogP contribution in [0, 0.1) is 0 Å². The summed E-state index contributed by atoms with van der Waals surface area (Å²) in [6, 6.07) is 6.61. The Kier molecular flexibility index (Phi) is 6.08. The van der Waals surface area contributed by atoms with E-state index in [0.29, 0.717) is 25.1 Å². The number of sulfonamides is 1. The predicted octanol–water partition coefficient (Wildman–Crippen LogP) is 1.89. The average molecular weight is 382 g/mol. The fourth-order valence-electron chi connectivity index (χ4n) is 2.86. The molecule has 1 N–H and O–H groups in total. The number of carbonyl (C=O) groups is 2. The summed E-state index contributed by atoms with van der Waals surface area (Å²) in [7, 11) is -3.47. The lowest BCUT2D eigenvalue weighted by Gasteiger charge is -2.20. The van der Waals surface area contributed by atoms with Crippen LogP contribution in [-0.2, 0) is 29.8 Å². The summed E-state index contributed by atoms with van der Waals surface area (Å²) in [5, 5.41) is 2.66. The third-order valence-electron chi connectivity index (χ3n) is 4.28. The van der Waals surface area contributed by atoms with Gasteiger partial charge in [0.05, 0.1) is 6.26 Å². The summed E-state index contributed by atoms with van der Waals surface area (Å²) >= 11 is 0. The molecule has 0 saturated carbocycles. The minimum absolute atomic E-state index is 0.0187. The van der Waals surface area contributed by atoms with E-state index in [1.807, 2.05) is 12.1 Å². The zero-order valence-corrected chi connectivity index (χ0v) is 16.4. The van der Waals surface area contributed by atoms with E-state index in [1.54, 1.807) is 12.1 Å². The van der Waals surface area contributed by atoms with Crippen LogP contribution in [0.4, 0.5) is 5.69 Å². The first-order valence-electron chi connectivity index (χ1n) is 8.52. The molecule has 0 spiro atoms. The van der Waals surface area contributed by atoms with Gasteiger partial charge in [0.25, 0.3) is 5.91 Å². The highest BCUT2D eigenvalue weighted by Gasteiger charge is 2.37. The maximum atomic E-state index is 12.1. The van der Waals surface area contributed by atoms with E-state index in [2.05, 4.69) is 26.1 Å². The molecule has 1 saturated heterocycles. The van der Waals surface area contributed by atoms with E-state index in [4.69, 9.17) is 4.74 Å². The number of nitrogens with one attached hydrogen (secondary N) is 1. The molecule has 0 unspecified atom stereocenters. The van der Waals surface area contributed by atoms with Crippen LogP contribution in [0.25, 0.3) is 0 Å². The number of carbonyl (C=O) groups excluding carboxylic acids is 2. The number of rotatable bonds is 5. The Balaban J connectivity index is 1.88. The van der Waals surface area contributed by atoms with E-state index in [-0.39, 0.29) is 5.41 Å². The standard InChI is InChI=1S/C18H26N2O5S/c1-18(2,3)13-7-9-14(10-8-13)19-16(21)12-25-17(22)15-6-5-11-20(15)26(4,23)24/h7-10,15H,5-6,11-12H2,1-4H3,(H,19,21)/t15-/m0/s1. The van der Waals surface area contributed by atoms with Gasteiger partial charge < -0.3 is 10.1 Å². The smallest absolute Gasteiger partial charge is 0.324 e. The first-order valence-corrected chi connectivity index (χ1v) is 10.4. The highest BCUT2D eigenvalue weighted by atomic mass is 32.2. The van der Waals surface area contributed by atoms with Gasteiger partial charge in [-0.25, -0.2) is 8.42 Å². The van der Waals surface area contributed by atoms with Crippen molar-refractivity contribution in [2.45, 2.75) is 45.1 Å². The van der Waals surface area contributed by atoms with Crippen LogP contribution in [-0.4, -0.2) is 50.0 Å². The van der Waals surface area contributed by atoms with E-state index in [9.17, 15) is 18.0 Å². The van der Waals surface area contributed by atoms with Gasteiger partial charge in [-0.2, -0.15) is 4.31 Å². The van der Waals surface area contributed by atoms with Gasteiger partial charge in [0.15, 0.2) is 6.61 Å². The van der Waals surface area contributed by atoms with E-state index in [0.717, 1.165) is 16.1 Å². The second-order valence-corrected chi connectivity index (χ2v) is 9.45. The van der Waals surface area contributed by atoms with Gasteiger partial charge in [-0.1, -0.05) is 32.9 Å². The largest absolute Gasteiger partial charge is 0.454 e. The highest BCUT2D eigenvalue weighted by Crippen LogP contribution is 2.24. The van der Waals surface area contributed by atoms with Crippen molar-refractivity contribution in [3.8, 4) is 0 Å². The number of benzene rings is 1. The maximum absolute atomic E-state index is 12.1. The lowest BCUT2D eigenvalue weighted by Crippen LogP contribution is -2.41. The van der Waals surface area contributed by atoms with E-state index in [1.165, 1.54) is 0 Å². The first-order chi connectivity index (χ1) is 12.0. The summed E-state index contributed by atoms with van der Waals surface area (Å²) in [5.41, 5.74) is 1.77. The van der Waals surface area contributed by atoms with Crippen molar-refractivity contribution in [3.05, 3.63) is 29.8 Å². The molecule has 1 fully saturated rings. The summed E-state index contributed by atoms with van der Waals surface area (Å²) in [4.78, 5) is 24.1. The molecule has 1 aromatic rings. The Morgan fingerprint density at radius 1 is 1.23 bits per heavy atom. The molecule has 1 heterocycles. The molecule has 0 bridgehead atoms. The van der Waals surface area contributed by atoms with Crippen molar-refractivity contribution < 1.29 is 22.7 Å². The SMILES string of the molecule is CC(C)(C)c1ccc(NC(=O)COC(=O)[C@@H]2CCCN2S(C)(=O)=O)cc1. The van der Waals surface area contributed by atoms with Gasteiger partial charge in [-0.05, 0) is 36.0 Å². The minimum Gasteiger partial charge on any atom is -0.454 e. The van der Waals surface area contributed by atoms with Crippen molar-refractivity contribution in [2.75, 3.05) is 24.7 Å². The van der Waals surface area contributed by atoms with Gasteiger partial charge >= 0.3 is 5.97 Å². The van der Waals surface area contributed by atoms with Crippen molar-refractivity contribution >= 4 is 27.6 Å². The molecular formula is C18H26N2O5S. The average Bonchev–Trinajstić information content (AvgIpc) is 3.02. The van der Waals surface area contributed by atoms with Crippen LogP contribution >= 0.6 is 0 Å². The number of esters is 1. The van der Waals surface area contributed by atoms with Gasteiger partial charge in [0.1, 0.15) is 6.04 Å². The van der Waals surface area contributed by atoms with Crippen LogP contribution in [0.3, 0.4) is 0 Å². The molecular weight excluding hydrogens is 356 g/mol. The van der Waals surface area contributed by atoms with Crippen molar-refractivity contribution in [1.82, 2.24) is 4.31 Å². The second-order valence-electron chi connectivity index (χ2n) is 7.51. The minimum atomic E-state index is -3.47. The molecule has 26 heavy (non-hydrogen) atoms. The molecule has 1 aliphatic heterocycles. The number of anilines is 1. The lowest BCUT2D eigenvalue weighted by molar-refractivity contribution is -0.150. The molecule has 8 heteroatoms. The normalized spacial score (nSPS) is 18.5. The third kappa shape index (κ3) is 5.28.